The lowest BCUT2D eigenvalue weighted by atomic mass is 10.0. The fourth-order valence-electron chi connectivity index (χ4n) is 4.21. The standard InChI is InChI=1S/C12H22O7Si.C7H10O3.C5H8O2.C4H6O2/c1-15-20(16-2,17-3)8-4-6-18-7-5-10-9-11(13)19-12(10)14;1-2-3-5-4-6(8)10-7(5)9;6-5-3-1-2-4-7-5;5-4-2-1-3-6-4/h10H,4-9H2,1-3H3;5H,2-4H2,1H3;1-4H2;1-3H2. The first-order chi connectivity index (χ1) is 20.6. The molecule has 0 aromatic heterocycles. The summed E-state index contributed by atoms with van der Waals surface area (Å²) >= 11 is 0. The number of esters is 6. The Morgan fingerprint density at radius 1 is 0.674 bits per heavy atom. The summed E-state index contributed by atoms with van der Waals surface area (Å²) in [5.74, 6) is -2.19. The van der Waals surface area contributed by atoms with Crippen molar-refractivity contribution in [2.75, 3.05) is 47.8 Å². The summed E-state index contributed by atoms with van der Waals surface area (Å²) < 4.78 is 39.3. The van der Waals surface area contributed by atoms with Gasteiger partial charge in [0.25, 0.3) is 0 Å². The largest absolute Gasteiger partial charge is 0.500 e. The summed E-state index contributed by atoms with van der Waals surface area (Å²) in [6, 6.07) is 0.667. The zero-order valence-electron chi connectivity index (χ0n) is 25.7. The number of ether oxygens (including phenoxy) is 5. The molecule has 246 valence electrons. The fraction of sp³-hybridized carbons (Fsp3) is 0.786. The van der Waals surface area contributed by atoms with E-state index in [0.717, 1.165) is 38.5 Å². The number of cyclic esters (lactones) is 6. The average Bonchev–Trinajstić information content (AvgIpc) is 3.69. The molecular weight excluding hydrogens is 588 g/mol. The number of rotatable bonds is 12. The third-order valence-electron chi connectivity index (χ3n) is 6.70. The zero-order chi connectivity index (χ0) is 32.1. The molecule has 0 aliphatic carbocycles. The maximum Gasteiger partial charge on any atom is 0.500 e. The van der Waals surface area contributed by atoms with Gasteiger partial charge in [0.05, 0.1) is 37.9 Å². The van der Waals surface area contributed by atoms with Gasteiger partial charge in [0.1, 0.15) is 0 Å². The van der Waals surface area contributed by atoms with E-state index in [4.69, 9.17) is 18.0 Å². The molecule has 15 heteroatoms. The molecule has 2 unspecified atom stereocenters. The van der Waals surface area contributed by atoms with E-state index in [1.807, 2.05) is 6.92 Å². The molecule has 4 saturated heterocycles. The highest BCUT2D eigenvalue weighted by Crippen LogP contribution is 2.21. The van der Waals surface area contributed by atoms with E-state index in [9.17, 15) is 28.8 Å². The fourth-order valence-corrected chi connectivity index (χ4v) is 5.90. The Bertz CT molecular complexity index is 880. The van der Waals surface area contributed by atoms with E-state index < -0.39 is 20.7 Å². The number of carbonyl (C=O) groups is 6. The third kappa shape index (κ3) is 16.1. The monoisotopic (exact) mass is 634 g/mol. The minimum Gasteiger partial charge on any atom is -0.466 e. The molecule has 0 N–H and O–H groups in total. The van der Waals surface area contributed by atoms with Crippen LogP contribution in [0.2, 0.25) is 6.04 Å². The second-order valence-electron chi connectivity index (χ2n) is 9.98. The topological polar surface area (TPSA) is 176 Å². The highest BCUT2D eigenvalue weighted by atomic mass is 28.4. The van der Waals surface area contributed by atoms with E-state index >= 15 is 0 Å². The highest BCUT2D eigenvalue weighted by Gasteiger charge is 2.37. The number of hydrogen-bond donors (Lipinski definition) is 0. The molecule has 0 saturated carbocycles. The van der Waals surface area contributed by atoms with E-state index in [0.29, 0.717) is 51.7 Å². The summed E-state index contributed by atoms with van der Waals surface area (Å²) in [7, 11) is 2.19. The van der Waals surface area contributed by atoms with Crippen LogP contribution in [0.4, 0.5) is 0 Å². The minimum atomic E-state index is -2.52. The first-order valence-electron chi connectivity index (χ1n) is 14.6. The van der Waals surface area contributed by atoms with Gasteiger partial charge in [0.2, 0.25) is 0 Å². The van der Waals surface area contributed by atoms with Crippen molar-refractivity contribution in [1.82, 2.24) is 0 Å². The Morgan fingerprint density at radius 2 is 1.19 bits per heavy atom. The third-order valence-corrected chi connectivity index (χ3v) is 9.53. The Morgan fingerprint density at radius 3 is 1.53 bits per heavy atom. The van der Waals surface area contributed by atoms with Gasteiger partial charge in [-0.1, -0.05) is 13.3 Å². The van der Waals surface area contributed by atoms with Crippen LogP contribution in [-0.4, -0.2) is 92.4 Å². The normalized spacial score (nSPS) is 21.3. The van der Waals surface area contributed by atoms with Crippen molar-refractivity contribution in [2.24, 2.45) is 11.8 Å². The van der Waals surface area contributed by atoms with Crippen molar-refractivity contribution >= 4 is 44.6 Å². The lowest BCUT2D eigenvalue weighted by Gasteiger charge is -2.24. The van der Waals surface area contributed by atoms with Crippen molar-refractivity contribution in [3.8, 4) is 0 Å². The maximum atomic E-state index is 11.2. The minimum absolute atomic E-state index is 0.0359. The van der Waals surface area contributed by atoms with Gasteiger partial charge in [0.15, 0.2) is 0 Å². The maximum absolute atomic E-state index is 11.2. The van der Waals surface area contributed by atoms with Crippen LogP contribution in [0.1, 0.15) is 77.6 Å². The van der Waals surface area contributed by atoms with Crippen LogP contribution < -0.4 is 0 Å². The molecule has 4 rings (SSSR count). The molecule has 4 fully saturated rings. The highest BCUT2D eigenvalue weighted by molar-refractivity contribution is 6.60. The SMILES string of the molecule is CCCC1CC(=O)OC1=O.CO[Si](CCCOCCC1CC(=O)OC1=O)(OC)OC.O=C1CCCCO1.O=C1CCCO1. The molecule has 0 amide bonds. The summed E-state index contributed by atoms with van der Waals surface area (Å²) in [6.45, 7) is 4.21. The molecule has 43 heavy (non-hydrogen) atoms. The van der Waals surface area contributed by atoms with E-state index in [-0.39, 0.29) is 48.6 Å². The number of hydrogen-bond acceptors (Lipinski definition) is 14. The predicted octanol–water partition coefficient (Wildman–Crippen LogP) is 2.66. The first-order valence-corrected chi connectivity index (χ1v) is 16.6. The van der Waals surface area contributed by atoms with Crippen molar-refractivity contribution in [3.63, 3.8) is 0 Å². The molecule has 4 heterocycles. The average molecular weight is 635 g/mol. The second-order valence-corrected chi connectivity index (χ2v) is 13.1. The van der Waals surface area contributed by atoms with Crippen LogP contribution in [0.25, 0.3) is 0 Å². The Balaban J connectivity index is 0.000000329. The quantitative estimate of drug-likeness (QED) is 0.101. The second kappa shape index (κ2) is 21.9. The first kappa shape index (κ1) is 38.3. The van der Waals surface area contributed by atoms with Gasteiger partial charge in [0, 0.05) is 53.4 Å². The molecule has 0 aromatic carbocycles. The summed E-state index contributed by atoms with van der Waals surface area (Å²) in [5, 5.41) is 0. The van der Waals surface area contributed by atoms with Crippen molar-refractivity contribution in [3.05, 3.63) is 0 Å². The molecule has 0 radical (unpaired) electrons. The number of carbonyl (C=O) groups excluding carboxylic acids is 6. The van der Waals surface area contributed by atoms with Crippen LogP contribution in [0.15, 0.2) is 0 Å². The van der Waals surface area contributed by atoms with Crippen molar-refractivity contribution in [1.29, 1.82) is 0 Å². The van der Waals surface area contributed by atoms with Crippen molar-refractivity contribution < 1.29 is 65.7 Å². The van der Waals surface area contributed by atoms with E-state index in [1.165, 1.54) is 0 Å². The molecule has 0 bridgehead atoms. The molecule has 2 atom stereocenters. The van der Waals surface area contributed by atoms with Gasteiger partial charge >= 0.3 is 44.6 Å². The van der Waals surface area contributed by atoms with Crippen LogP contribution in [-0.2, 0) is 65.7 Å². The van der Waals surface area contributed by atoms with Gasteiger partial charge in [-0.05, 0) is 38.5 Å². The van der Waals surface area contributed by atoms with Crippen LogP contribution in [0.5, 0.6) is 0 Å². The molecule has 4 aliphatic rings. The van der Waals surface area contributed by atoms with Gasteiger partial charge in [-0.2, -0.15) is 0 Å². The Labute approximate surface area is 253 Å². The zero-order valence-corrected chi connectivity index (χ0v) is 26.7. The van der Waals surface area contributed by atoms with Crippen LogP contribution >= 0.6 is 0 Å². The van der Waals surface area contributed by atoms with E-state index in [2.05, 4.69) is 18.9 Å². The van der Waals surface area contributed by atoms with E-state index in [1.54, 1.807) is 21.3 Å². The molecular formula is C28H46O14Si. The molecule has 0 aromatic rings. The molecule has 0 spiro atoms. The smallest absolute Gasteiger partial charge is 0.466 e. The molecule has 14 nitrogen and oxygen atoms in total. The van der Waals surface area contributed by atoms with Crippen LogP contribution in [0, 0.1) is 11.8 Å². The van der Waals surface area contributed by atoms with Crippen molar-refractivity contribution in [2.45, 2.75) is 83.6 Å². The Hall–Kier alpha value is -2.72. The molecule has 4 aliphatic heterocycles. The predicted molar refractivity (Wildman–Crippen MR) is 150 cm³/mol. The summed E-state index contributed by atoms with van der Waals surface area (Å²) in [6.07, 6.45) is 7.62. The summed E-state index contributed by atoms with van der Waals surface area (Å²) in [4.78, 5) is 63.6. The van der Waals surface area contributed by atoms with Crippen LogP contribution in [0.3, 0.4) is 0 Å². The lowest BCUT2D eigenvalue weighted by molar-refractivity contribution is -0.155. The van der Waals surface area contributed by atoms with Gasteiger partial charge in [-0.3, -0.25) is 28.8 Å². The Kier molecular flexibility index (Phi) is 19.5. The van der Waals surface area contributed by atoms with Gasteiger partial charge in [-0.15, -0.1) is 0 Å². The summed E-state index contributed by atoms with van der Waals surface area (Å²) in [5.41, 5.74) is 0. The van der Waals surface area contributed by atoms with Gasteiger partial charge in [-0.25, -0.2) is 0 Å². The lowest BCUT2D eigenvalue weighted by Crippen LogP contribution is -2.42. The van der Waals surface area contributed by atoms with Gasteiger partial charge < -0.3 is 37.0 Å².